The maximum atomic E-state index is 12.2. The summed E-state index contributed by atoms with van der Waals surface area (Å²) >= 11 is 0. The molecule has 5 heteroatoms. The normalized spacial score (nSPS) is 20.0. The van der Waals surface area contributed by atoms with Crippen LogP contribution in [0, 0.1) is 0 Å². The average Bonchev–Trinajstić information content (AvgIpc) is 2.62. The number of carbonyl (C=O) groups excluding carboxylic acids is 1. The molecule has 2 atom stereocenters. The fourth-order valence-electron chi connectivity index (χ4n) is 3.08. The highest BCUT2D eigenvalue weighted by atomic mass is 16.5. The van der Waals surface area contributed by atoms with E-state index in [1.807, 2.05) is 38.1 Å². The van der Waals surface area contributed by atoms with Crippen LogP contribution in [-0.4, -0.2) is 37.4 Å². The highest BCUT2D eigenvalue weighted by molar-refractivity contribution is 5.76. The smallest absolute Gasteiger partial charge is 0.222 e. The van der Waals surface area contributed by atoms with Gasteiger partial charge in [0.05, 0.1) is 25.4 Å². The number of nitrogens with one attached hydrogen (secondary N) is 1. The first-order valence-electron chi connectivity index (χ1n) is 9.89. The van der Waals surface area contributed by atoms with Gasteiger partial charge in [-0.2, -0.15) is 0 Å². The third kappa shape index (κ3) is 7.24. The maximum absolute atomic E-state index is 12.2. The van der Waals surface area contributed by atoms with Gasteiger partial charge in [-0.25, -0.2) is 0 Å². The minimum Gasteiger partial charge on any atom is -0.494 e. The molecule has 1 aromatic rings. The average molecular weight is 363 g/mol. The van der Waals surface area contributed by atoms with Gasteiger partial charge in [-0.05, 0) is 63.8 Å². The van der Waals surface area contributed by atoms with Gasteiger partial charge in [-0.3, -0.25) is 4.79 Å². The Morgan fingerprint density at radius 2 is 1.81 bits per heavy atom. The lowest BCUT2D eigenvalue weighted by molar-refractivity contribution is -0.124. The van der Waals surface area contributed by atoms with E-state index >= 15 is 0 Å². The quantitative estimate of drug-likeness (QED) is 0.680. The second-order valence-electron chi connectivity index (χ2n) is 7.10. The zero-order valence-electron chi connectivity index (χ0n) is 16.3. The van der Waals surface area contributed by atoms with Gasteiger partial charge in [0.1, 0.15) is 17.6 Å². The standard InChI is InChI=1S/C21H33NO4/c1-4-14-25-17-9-11-18(12-10-17)26-20-8-6-5-7-19(20)22-21(23)13-15-24-16(2)3/h9-12,16,19-20H,4-8,13-15H2,1-3H3,(H,22,23). The van der Waals surface area contributed by atoms with Crippen LogP contribution >= 0.6 is 0 Å². The number of ether oxygens (including phenoxy) is 3. The van der Waals surface area contributed by atoms with Crippen LogP contribution in [0.25, 0.3) is 0 Å². The van der Waals surface area contributed by atoms with E-state index in [4.69, 9.17) is 14.2 Å². The summed E-state index contributed by atoms with van der Waals surface area (Å²) in [6, 6.07) is 7.81. The van der Waals surface area contributed by atoms with Gasteiger partial charge in [0.15, 0.2) is 0 Å². The minimum atomic E-state index is 0.0149. The number of hydrogen-bond acceptors (Lipinski definition) is 4. The van der Waals surface area contributed by atoms with Crippen molar-refractivity contribution in [3.63, 3.8) is 0 Å². The van der Waals surface area contributed by atoms with Crippen molar-refractivity contribution >= 4 is 5.91 Å². The Kier molecular flexibility index (Phi) is 8.75. The van der Waals surface area contributed by atoms with Crippen LogP contribution in [0.5, 0.6) is 11.5 Å². The van der Waals surface area contributed by atoms with E-state index in [0.29, 0.717) is 13.0 Å². The van der Waals surface area contributed by atoms with E-state index in [0.717, 1.165) is 50.2 Å². The van der Waals surface area contributed by atoms with Crippen LogP contribution in [0.4, 0.5) is 0 Å². The lowest BCUT2D eigenvalue weighted by atomic mass is 9.92. The highest BCUT2D eigenvalue weighted by Gasteiger charge is 2.28. The molecule has 26 heavy (non-hydrogen) atoms. The summed E-state index contributed by atoms with van der Waals surface area (Å²) in [5.74, 6) is 1.72. The molecular formula is C21H33NO4. The molecule has 0 saturated heterocycles. The largest absolute Gasteiger partial charge is 0.494 e. The third-order valence-electron chi connectivity index (χ3n) is 4.41. The molecule has 5 nitrogen and oxygen atoms in total. The van der Waals surface area contributed by atoms with Gasteiger partial charge >= 0.3 is 0 Å². The Hall–Kier alpha value is -1.75. The van der Waals surface area contributed by atoms with Crippen molar-refractivity contribution in [1.29, 1.82) is 0 Å². The SMILES string of the molecule is CCCOc1ccc(OC2CCCCC2NC(=O)CCOC(C)C)cc1. The molecule has 1 amide bonds. The van der Waals surface area contributed by atoms with Crippen LogP contribution in [-0.2, 0) is 9.53 Å². The minimum absolute atomic E-state index is 0.0149. The molecule has 2 unspecified atom stereocenters. The highest BCUT2D eigenvalue weighted by Crippen LogP contribution is 2.25. The predicted octanol–water partition coefficient (Wildman–Crippen LogP) is 4.10. The fourth-order valence-corrected chi connectivity index (χ4v) is 3.08. The molecule has 1 aromatic carbocycles. The second-order valence-corrected chi connectivity index (χ2v) is 7.10. The summed E-state index contributed by atoms with van der Waals surface area (Å²) < 4.78 is 17.2. The monoisotopic (exact) mass is 363 g/mol. The summed E-state index contributed by atoms with van der Waals surface area (Å²) in [6.07, 6.45) is 5.72. The lowest BCUT2D eigenvalue weighted by Gasteiger charge is -2.32. The zero-order chi connectivity index (χ0) is 18.8. The Balaban J connectivity index is 1.84. The van der Waals surface area contributed by atoms with Gasteiger partial charge in [-0.15, -0.1) is 0 Å². The summed E-state index contributed by atoms with van der Waals surface area (Å²) in [5.41, 5.74) is 0. The van der Waals surface area contributed by atoms with E-state index in [1.54, 1.807) is 0 Å². The van der Waals surface area contributed by atoms with Crippen molar-refractivity contribution in [2.75, 3.05) is 13.2 Å². The number of hydrogen-bond donors (Lipinski definition) is 1. The summed E-state index contributed by atoms with van der Waals surface area (Å²) in [7, 11) is 0. The topological polar surface area (TPSA) is 56.8 Å². The van der Waals surface area contributed by atoms with Crippen LogP contribution < -0.4 is 14.8 Å². The first-order chi connectivity index (χ1) is 12.6. The fraction of sp³-hybridized carbons (Fsp3) is 0.667. The van der Waals surface area contributed by atoms with Crippen molar-refractivity contribution in [3.05, 3.63) is 24.3 Å². The summed E-state index contributed by atoms with van der Waals surface area (Å²) in [5, 5.41) is 3.13. The molecule has 0 aromatic heterocycles. The van der Waals surface area contributed by atoms with E-state index in [9.17, 15) is 4.79 Å². The van der Waals surface area contributed by atoms with Crippen LogP contribution in [0.15, 0.2) is 24.3 Å². The van der Waals surface area contributed by atoms with E-state index in [-0.39, 0.29) is 24.2 Å². The Bertz CT molecular complexity index is 529. The molecule has 1 fully saturated rings. The number of carbonyl (C=O) groups is 1. The van der Waals surface area contributed by atoms with Crippen LogP contribution in [0.2, 0.25) is 0 Å². The molecule has 0 spiro atoms. The van der Waals surface area contributed by atoms with Crippen molar-refractivity contribution in [3.8, 4) is 11.5 Å². The zero-order valence-corrected chi connectivity index (χ0v) is 16.3. The Morgan fingerprint density at radius 1 is 1.12 bits per heavy atom. The first kappa shape index (κ1) is 20.6. The second kappa shape index (κ2) is 11.1. The lowest BCUT2D eigenvalue weighted by Crippen LogP contribution is -2.47. The van der Waals surface area contributed by atoms with Crippen molar-refractivity contribution in [2.45, 2.75) is 77.5 Å². The Morgan fingerprint density at radius 3 is 2.50 bits per heavy atom. The Labute approximate surface area is 157 Å². The molecule has 0 aliphatic heterocycles. The van der Waals surface area contributed by atoms with Gasteiger partial charge < -0.3 is 19.5 Å². The molecule has 0 bridgehead atoms. The third-order valence-corrected chi connectivity index (χ3v) is 4.41. The van der Waals surface area contributed by atoms with Crippen LogP contribution in [0.1, 0.15) is 59.3 Å². The number of benzene rings is 1. The molecule has 0 radical (unpaired) electrons. The number of rotatable bonds is 10. The van der Waals surface area contributed by atoms with Gasteiger partial charge in [0, 0.05) is 6.42 Å². The molecule has 2 rings (SSSR count). The van der Waals surface area contributed by atoms with E-state index in [1.165, 1.54) is 0 Å². The maximum Gasteiger partial charge on any atom is 0.222 e. The van der Waals surface area contributed by atoms with Crippen molar-refractivity contribution in [1.82, 2.24) is 5.32 Å². The molecule has 1 saturated carbocycles. The predicted molar refractivity (Wildman–Crippen MR) is 103 cm³/mol. The first-order valence-corrected chi connectivity index (χ1v) is 9.89. The summed E-state index contributed by atoms with van der Waals surface area (Å²) in [4.78, 5) is 12.2. The van der Waals surface area contributed by atoms with Crippen molar-refractivity contribution in [2.24, 2.45) is 0 Å². The van der Waals surface area contributed by atoms with Gasteiger partial charge in [0.2, 0.25) is 5.91 Å². The van der Waals surface area contributed by atoms with E-state index < -0.39 is 0 Å². The molecule has 1 aliphatic carbocycles. The van der Waals surface area contributed by atoms with Gasteiger partial charge in [0.25, 0.3) is 0 Å². The molecular weight excluding hydrogens is 330 g/mol. The molecule has 146 valence electrons. The molecule has 0 heterocycles. The number of amides is 1. The van der Waals surface area contributed by atoms with E-state index in [2.05, 4.69) is 12.2 Å². The van der Waals surface area contributed by atoms with Crippen molar-refractivity contribution < 1.29 is 19.0 Å². The molecule has 1 N–H and O–H groups in total. The summed E-state index contributed by atoms with van der Waals surface area (Å²) in [6.45, 7) is 7.21. The molecule has 1 aliphatic rings. The van der Waals surface area contributed by atoms with Crippen LogP contribution in [0.3, 0.4) is 0 Å². The van der Waals surface area contributed by atoms with Gasteiger partial charge in [-0.1, -0.05) is 13.3 Å².